The number of carboxylic acids is 1. The number of aryl methyl sites for hydroxylation is 1. The summed E-state index contributed by atoms with van der Waals surface area (Å²) in [7, 11) is 1.50. The van der Waals surface area contributed by atoms with Gasteiger partial charge < -0.3 is 20.3 Å². The second kappa shape index (κ2) is 10.1. The van der Waals surface area contributed by atoms with E-state index in [-0.39, 0.29) is 18.1 Å². The van der Waals surface area contributed by atoms with Crippen molar-refractivity contribution in [2.24, 2.45) is 17.6 Å². The summed E-state index contributed by atoms with van der Waals surface area (Å²) in [6, 6.07) is 13.3. The maximum Gasteiger partial charge on any atom is 0.306 e. The minimum atomic E-state index is -0.764. The summed E-state index contributed by atoms with van der Waals surface area (Å²) in [6.07, 6.45) is 4.78. The number of halogens is 1. The third-order valence-electron chi connectivity index (χ3n) is 7.75. The Hall–Kier alpha value is -3.45. The number of hydrogen-bond donors (Lipinski definition) is 2. The first-order valence-corrected chi connectivity index (χ1v) is 12.9. The predicted octanol–water partition coefficient (Wildman–Crippen LogP) is 6.20. The molecule has 194 valence electrons. The summed E-state index contributed by atoms with van der Waals surface area (Å²) in [5.41, 5.74) is 11.4. The van der Waals surface area contributed by atoms with Crippen LogP contribution in [0.15, 0.2) is 48.7 Å². The smallest absolute Gasteiger partial charge is 0.306 e. The number of aromatic nitrogens is 1. The predicted molar refractivity (Wildman–Crippen MR) is 139 cm³/mol. The van der Waals surface area contributed by atoms with Gasteiger partial charge >= 0.3 is 5.97 Å². The van der Waals surface area contributed by atoms with E-state index in [0.717, 1.165) is 59.9 Å². The third kappa shape index (κ3) is 5.05. The fraction of sp³-hybridized carbons (Fsp3) is 0.400. The van der Waals surface area contributed by atoms with Crippen LogP contribution in [0.1, 0.15) is 73.4 Å². The van der Waals surface area contributed by atoms with Crippen molar-refractivity contribution in [2.75, 3.05) is 7.11 Å². The van der Waals surface area contributed by atoms with Crippen molar-refractivity contribution in [3.05, 3.63) is 76.7 Å². The number of fused-ring (bicyclic) bond motifs is 1. The summed E-state index contributed by atoms with van der Waals surface area (Å²) in [5.74, 6) is -0.0980. The molecule has 3 aromatic rings. The molecule has 37 heavy (non-hydrogen) atoms. The Morgan fingerprint density at radius 2 is 1.92 bits per heavy atom. The highest BCUT2D eigenvalue weighted by molar-refractivity contribution is 5.71. The van der Waals surface area contributed by atoms with Gasteiger partial charge in [-0.3, -0.25) is 4.79 Å². The number of pyridine rings is 1. The Labute approximate surface area is 216 Å². The summed E-state index contributed by atoms with van der Waals surface area (Å²) in [6.45, 7) is 3.68. The van der Waals surface area contributed by atoms with E-state index in [1.807, 2.05) is 31.2 Å². The van der Waals surface area contributed by atoms with E-state index >= 15 is 0 Å². The van der Waals surface area contributed by atoms with Crippen LogP contribution in [0.3, 0.4) is 0 Å². The van der Waals surface area contributed by atoms with E-state index in [1.165, 1.54) is 7.11 Å². The van der Waals surface area contributed by atoms with Crippen LogP contribution >= 0.6 is 0 Å². The van der Waals surface area contributed by atoms with E-state index in [2.05, 4.69) is 17.1 Å². The monoisotopic (exact) mass is 504 g/mol. The average Bonchev–Trinajstić information content (AvgIpc) is 3.73. The quantitative estimate of drug-likeness (QED) is 0.379. The summed E-state index contributed by atoms with van der Waals surface area (Å²) >= 11 is 0. The zero-order chi connectivity index (χ0) is 26.3. The minimum absolute atomic E-state index is 0.0111. The van der Waals surface area contributed by atoms with Crippen molar-refractivity contribution < 1.29 is 23.8 Å². The molecule has 0 radical (unpaired) electrons. The van der Waals surface area contributed by atoms with Crippen LogP contribution in [-0.4, -0.2) is 23.2 Å². The van der Waals surface area contributed by atoms with Gasteiger partial charge in [-0.25, -0.2) is 9.37 Å². The fourth-order valence-corrected chi connectivity index (χ4v) is 5.55. The molecule has 0 amide bonds. The van der Waals surface area contributed by atoms with Gasteiger partial charge in [-0.05, 0) is 84.4 Å². The molecule has 6 nitrogen and oxygen atoms in total. The Kier molecular flexibility index (Phi) is 6.90. The summed E-state index contributed by atoms with van der Waals surface area (Å²) < 4.78 is 26.4. The Morgan fingerprint density at radius 1 is 1.14 bits per heavy atom. The van der Waals surface area contributed by atoms with Gasteiger partial charge in [-0.2, -0.15) is 0 Å². The zero-order valence-corrected chi connectivity index (χ0v) is 21.4. The number of rotatable bonds is 8. The van der Waals surface area contributed by atoms with Crippen molar-refractivity contribution in [2.45, 2.75) is 57.6 Å². The molecule has 3 N–H and O–H groups in total. The van der Waals surface area contributed by atoms with Crippen molar-refractivity contribution in [1.29, 1.82) is 0 Å². The SMILES string of the molecule is COc1cc(-c2ccc(C3CCc4ccc([C@H](C5CC5)[C@H](C)C(=O)O)cc4O3)cc2[C@H](C)N)c(F)cn1. The van der Waals surface area contributed by atoms with Crippen molar-refractivity contribution in [3.63, 3.8) is 0 Å². The molecule has 0 bridgehead atoms. The lowest BCUT2D eigenvalue weighted by Crippen LogP contribution is -2.21. The first-order valence-electron chi connectivity index (χ1n) is 12.9. The van der Waals surface area contributed by atoms with Crippen LogP contribution in [0.4, 0.5) is 4.39 Å². The molecule has 7 heteroatoms. The third-order valence-corrected chi connectivity index (χ3v) is 7.75. The number of hydrogen-bond acceptors (Lipinski definition) is 5. The molecular formula is C30H33FN2O4. The highest BCUT2D eigenvalue weighted by Crippen LogP contribution is 2.48. The van der Waals surface area contributed by atoms with Gasteiger partial charge in [0.05, 0.1) is 19.2 Å². The fourth-order valence-electron chi connectivity index (χ4n) is 5.55. The van der Waals surface area contributed by atoms with Crippen molar-refractivity contribution in [3.8, 4) is 22.8 Å². The summed E-state index contributed by atoms with van der Waals surface area (Å²) in [4.78, 5) is 15.7. The minimum Gasteiger partial charge on any atom is -0.485 e. The zero-order valence-electron chi connectivity index (χ0n) is 21.4. The second-order valence-corrected chi connectivity index (χ2v) is 10.3. The van der Waals surface area contributed by atoms with Crippen LogP contribution in [0, 0.1) is 17.7 Å². The van der Waals surface area contributed by atoms with Crippen molar-refractivity contribution >= 4 is 5.97 Å². The second-order valence-electron chi connectivity index (χ2n) is 10.3. The molecule has 1 aromatic heterocycles. The molecule has 2 heterocycles. The lowest BCUT2D eigenvalue weighted by molar-refractivity contribution is -0.142. The number of carbonyl (C=O) groups is 1. The first kappa shape index (κ1) is 25.2. The molecule has 2 aliphatic rings. The number of aliphatic carboxylic acids is 1. The van der Waals surface area contributed by atoms with Crippen LogP contribution < -0.4 is 15.2 Å². The molecular weight excluding hydrogens is 471 g/mol. The molecule has 1 unspecified atom stereocenters. The van der Waals surface area contributed by atoms with E-state index in [4.69, 9.17) is 15.2 Å². The van der Waals surface area contributed by atoms with Gasteiger partial charge in [0.25, 0.3) is 0 Å². The number of carboxylic acid groups (broad SMARTS) is 1. The Balaban J connectivity index is 1.45. The lowest BCUT2D eigenvalue weighted by Gasteiger charge is -2.29. The maximum atomic E-state index is 14.7. The summed E-state index contributed by atoms with van der Waals surface area (Å²) in [5, 5.41) is 9.67. The molecule has 4 atom stereocenters. The van der Waals surface area contributed by atoms with Gasteiger partial charge in [-0.15, -0.1) is 0 Å². The lowest BCUT2D eigenvalue weighted by atomic mass is 9.82. The molecule has 1 aliphatic carbocycles. The standard InChI is InChI=1S/C30H33FN2O4/c1-16(30(34)35)29(19-5-6-19)21-7-4-18-9-11-26(37-27(18)13-21)20-8-10-22(23(12-20)17(2)32)24-14-28(36-3)33-15-25(24)31/h4,7-8,10,12-17,19,26,29H,5-6,9,11,32H2,1-3H3,(H,34,35)/t16-,17-,26?,29-/m0/s1. The van der Waals surface area contributed by atoms with Gasteiger partial charge in [0.15, 0.2) is 0 Å². The van der Waals surface area contributed by atoms with Crippen LogP contribution in [0.25, 0.3) is 11.1 Å². The molecule has 1 aliphatic heterocycles. The number of ether oxygens (including phenoxy) is 2. The van der Waals surface area contributed by atoms with Gasteiger partial charge in [-0.1, -0.05) is 31.2 Å². The molecule has 0 saturated heterocycles. The molecule has 2 aromatic carbocycles. The Morgan fingerprint density at radius 3 is 2.59 bits per heavy atom. The molecule has 0 spiro atoms. The van der Waals surface area contributed by atoms with Crippen molar-refractivity contribution in [1.82, 2.24) is 4.98 Å². The van der Waals surface area contributed by atoms with E-state index in [1.54, 1.807) is 13.0 Å². The number of methoxy groups -OCH3 is 1. The van der Waals surface area contributed by atoms with E-state index in [9.17, 15) is 14.3 Å². The number of nitrogens with two attached hydrogens (primary N) is 1. The van der Waals surface area contributed by atoms with E-state index < -0.39 is 17.7 Å². The van der Waals surface area contributed by atoms with Gasteiger partial charge in [0.1, 0.15) is 17.7 Å². The largest absolute Gasteiger partial charge is 0.485 e. The average molecular weight is 505 g/mol. The highest BCUT2D eigenvalue weighted by atomic mass is 19.1. The normalized spacial score (nSPS) is 19.3. The van der Waals surface area contributed by atoms with Crippen LogP contribution in [0.2, 0.25) is 0 Å². The topological polar surface area (TPSA) is 94.7 Å². The first-order chi connectivity index (χ1) is 17.8. The molecule has 1 fully saturated rings. The van der Waals surface area contributed by atoms with Gasteiger partial charge in [0.2, 0.25) is 5.88 Å². The Bertz CT molecular complexity index is 1320. The maximum absolute atomic E-state index is 14.7. The molecule has 1 saturated carbocycles. The van der Waals surface area contributed by atoms with Gasteiger partial charge in [0, 0.05) is 17.7 Å². The number of benzene rings is 2. The van der Waals surface area contributed by atoms with Crippen LogP contribution in [0.5, 0.6) is 11.6 Å². The van der Waals surface area contributed by atoms with Crippen LogP contribution in [-0.2, 0) is 11.2 Å². The van der Waals surface area contributed by atoms with E-state index in [0.29, 0.717) is 22.9 Å². The highest BCUT2D eigenvalue weighted by Gasteiger charge is 2.39. The molecule has 5 rings (SSSR count). The number of nitrogens with zero attached hydrogens (tertiary/aromatic N) is 1.